The molecule has 0 aliphatic heterocycles. The predicted molar refractivity (Wildman–Crippen MR) is 75.7 cm³/mol. The number of hydrogen-bond acceptors (Lipinski definition) is 4. The lowest BCUT2D eigenvalue weighted by Gasteiger charge is -2.01. The van der Waals surface area contributed by atoms with Gasteiger partial charge in [-0.15, -0.1) is 0 Å². The van der Waals surface area contributed by atoms with E-state index in [2.05, 4.69) is 0 Å². The summed E-state index contributed by atoms with van der Waals surface area (Å²) in [6, 6.07) is 14.5. The minimum atomic E-state index is -0.545. The topological polar surface area (TPSA) is 80.4 Å². The van der Waals surface area contributed by atoms with Gasteiger partial charge in [0.25, 0.3) is 5.69 Å². The highest BCUT2D eigenvalue weighted by Crippen LogP contribution is 2.20. The molecule has 0 radical (unpaired) electrons. The number of nitro benzene ring substituents is 1. The molecule has 1 N–H and O–H groups in total. The SMILES string of the molecule is CCO.O=C(c1ccccc1)c1ccccc1[N+](=O)[O-]. The molecule has 0 saturated heterocycles. The second-order valence-corrected chi connectivity index (χ2v) is 3.79. The normalized spacial score (nSPS) is 9.30. The van der Waals surface area contributed by atoms with Crippen molar-refractivity contribution in [3.63, 3.8) is 0 Å². The summed E-state index contributed by atoms with van der Waals surface area (Å²) in [6.45, 7) is 1.93. The summed E-state index contributed by atoms with van der Waals surface area (Å²) in [5.74, 6) is -0.335. The third-order valence-corrected chi connectivity index (χ3v) is 2.38. The summed E-state index contributed by atoms with van der Waals surface area (Å²) < 4.78 is 0. The van der Waals surface area contributed by atoms with E-state index in [-0.39, 0.29) is 23.6 Å². The maximum atomic E-state index is 12.1. The van der Waals surface area contributed by atoms with Gasteiger partial charge in [-0.2, -0.15) is 0 Å². The lowest BCUT2D eigenvalue weighted by molar-refractivity contribution is -0.385. The first-order valence-corrected chi connectivity index (χ1v) is 6.05. The van der Waals surface area contributed by atoms with E-state index in [0.29, 0.717) is 5.56 Å². The lowest BCUT2D eigenvalue weighted by Crippen LogP contribution is -2.04. The molecule has 2 aromatic rings. The van der Waals surface area contributed by atoms with Crippen molar-refractivity contribution in [1.82, 2.24) is 0 Å². The third-order valence-electron chi connectivity index (χ3n) is 2.38. The van der Waals surface area contributed by atoms with Gasteiger partial charge < -0.3 is 5.11 Å². The van der Waals surface area contributed by atoms with Crippen LogP contribution >= 0.6 is 0 Å². The van der Waals surface area contributed by atoms with Gasteiger partial charge in [-0.3, -0.25) is 14.9 Å². The summed E-state index contributed by atoms with van der Waals surface area (Å²) in [5.41, 5.74) is 0.395. The fraction of sp³-hybridized carbons (Fsp3) is 0.133. The van der Waals surface area contributed by atoms with E-state index >= 15 is 0 Å². The molecule has 2 aromatic carbocycles. The van der Waals surface area contributed by atoms with Gasteiger partial charge in [-0.1, -0.05) is 42.5 Å². The minimum Gasteiger partial charge on any atom is -0.397 e. The Hall–Kier alpha value is -2.53. The second kappa shape index (κ2) is 7.81. The van der Waals surface area contributed by atoms with Crippen molar-refractivity contribution in [3.05, 3.63) is 75.8 Å². The summed E-state index contributed by atoms with van der Waals surface area (Å²) in [4.78, 5) is 22.3. The Kier molecular flexibility index (Phi) is 6.06. The van der Waals surface area contributed by atoms with Crippen molar-refractivity contribution in [1.29, 1.82) is 0 Å². The Morgan fingerprint density at radius 2 is 1.60 bits per heavy atom. The van der Waals surface area contributed by atoms with Crippen LogP contribution < -0.4 is 0 Å². The van der Waals surface area contributed by atoms with Gasteiger partial charge in [0.2, 0.25) is 0 Å². The molecule has 0 saturated carbocycles. The number of nitro groups is 1. The van der Waals surface area contributed by atoms with Gasteiger partial charge in [0.05, 0.1) is 4.92 Å². The molecule has 0 unspecified atom stereocenters. The van der Waals surface area contributed by atoms with E-state index in [1.807, 2.05) is 0 Å². The van der Waals surface area contributed by atoms with Crippen molar-refractivity contribution < 1.29 is 14.8 Å². The summed E-state index contributed by atoms with van der Waals surface area (Å²) >= 11 is 0. The van der Waals surface area contributed by atoms with Gasteiger partial charge in [0.15, 0.2) is 5.78 Å². The van der Waals surface area contributed by atoms with Crippen LogP contribution in [0.4, 0.5) is 5.69 Å². The molecule has 104 valence electrons. The molecule has 0 aromatic heterocycles. The Labute approximate surface area is 116 Å². The first kappa shape index (κ1) is 15.5. The standard InChI is InChI=1S/C13H9NO3.C2H6O/c15-13(10-6-2-1-3-7-10)11-8-4-5-9-12(11)14(16)17;1-2-3/h1-9H;3H,2H2,1H3. The number of carbonyl (C=O) groups excluding carboxylic acids is 1. The Morgan fingerprint density at radius 3 is 2.15 bits per heavy atom. The number of rotatable bonds is 3. The molecule has 0 bridgehead atoms. The summed E-state index contributed by atoms with van der Waals surface area (Å²) in [6.07, 6.45) is 0. The number of aliphatic hydroxyl groups excluding tert-OH is 1. The number of carbonyl (C=O) groups is 1. The first-order chi connectivity index (χ1) is 9.61. The number of nitrogens with zero attached hydrogens (tertiary/aromatic N) is 1. The number of para-hydroxylation sites is 1. The summed E-state index contributed by atoms with van der Waals surface area (Å²) in [5, 5.41) is 18.4. The molecule has 2 rings (SSSR count). The molecular weight excluding hydrogens is 258 g/mol. The van der Waals surface area contributed by atoms with Crippen molar-refractivity contribution in [3.8, 4) is 0 Å². The van der Waals surface area contributed by atoms with Crippen LogP contribution in [0.3, 0.4) is 0 Å². The van der Waals surface area contributed by atoms with Gasteiger partial charge in [0.1, 0.15) is 5.56 Å². The van der Waals surface area contributed by atoms with Gasteiger partial charge in [-0.25, -0.2) is 0 Å². The van der Waals surface area contributed by atoms with Crippen molar-refractivity contribution >= 4 is 11.5 Å². The first-order valence-electron chi connectivity index (χ1n) is 6.05. The maximum absolute atomic E-state index is 12.1. The van der Waals surface area contributed by atoms with E-state index in [1.54, 1.807) is 49.4 Å². The molecule has 0 aliphatic rings. The third kappa shape index (κ3) is 4.00. The zero-order valence-electron chi connectivity index (χ0n) is 11.0. The molecule has 5 heteroatoms. The van der Waals surface area contributed by atoms with Crippen molar-refractivity contribution in [2.45, 2.75) is 6.92 Å². The van der Waals surface area contributed by atoms with Crippen LogP contribution in [0.1, 0.15) is 22.8 Å². The Bertz CT molecular complexity index is 581. The summed E-state index contributed by atoms with van der Waals surface area (Å²) in [7, 11) is 0. The predicted octanol–water partition coefficient (Wildman–Crippen LogP) is 2.82. The maximum Gasteiger partial charge on any atom is 0.280 e. The lowest BCUT2D eigenvalue weighted by atomic mass is 10.0. The fourth-order valence-corrected chi connectivity index (χ4v) is 1.57. The van der Waals surface area contributed by atoms with E-state index < -0.39 is 4.92 Å². The highest BCUT2D eigenvalue weighted by atomic mass is 16.6. The highest BCUT2D eigenvalue weighted by molar-refractivity contribution is 6.11. The zero-order valence-corrected chi connectivity index (χ0v) is 11.0. The molecule has 0 aliphatic carbocycles. The monoisotopic (exact) mass is 273 g/mol. The number of ketones is 1. The van der Waals surface area contributed by atoms with Crippen molar-refractivity contribution in [2.75, 3.05) is 6.61 Å². The van der Waals surface area contributed by atoms with Crippen LogP contribution in [0.2, 0.25) is 0 Å². The fourth-order valence-electron chi connectivity index (χ4n) is 1.57. The molecular formula is C15H15NO4. The number of hydrogen-bond donors (Lipinski definition) is 1. The van der Waals surface area contributed by atoms with E-state index in [4.69, 9.17) is 5.11 Å². The average molecular weight is 273 g/mol. The molecule has 0 heterocycles. The quantitative estimate of drug-likeness (QED) is 0.529. The minimum absolute atomic E-state index is 0.115. The molecule has 0 fully saturated rings. The molecule has 0 atom stereocenters. The van der Waals surface area contributed by atoms with E-state index in [0.717, 1.165) is 0 Å². The van der Waals surface area contributed by atoms with Crippen LogP contribution in [-0.4, -0.2) is 22.4 Å². The van der Waals surface area contributed by atoms with Crippen LogP contribution in [0.15, 0.2) is 54.6 Å². The second-order valence-electron chi connectivity index (χ2n) is 3.79. The van der Waals surface area contributed by atoms with Crippen LogP contribution in [-0.2, 0) is 0 Å². The molecule has 5 nitrogen and oxygen atoms in total. The molecule has 0 amide bonds. The Balaban J connectivity index is 0.000000612. The van der Waals surface area contributed by atoms with E-state index in [1.165, 1.54) is 12.1 Å². The smallest absolute Gasteiger partial charge is 0.280 e. The average Bonchev–Trinajstić information content (AvgIpc) is 2.48. The molecule has 20 heavy (non-hydrogen) atoms. The van der Waals surface area contributed by atoms with Gasteiger partial charge in [-0.05, 0) is 13.0 Å². The molecule has 0 spiro atoms. The number of aliphatic hydroxyl groups is 1. The van der Waals surface area contributed by atoms with Crippen LogP contribution in [0, 0.1) is 10.1 Å². The van der Waals surface area contributed by atoms with Crippen LogP contribution in [0.25, 0.3) is 0 Å². The van der Waals surface area contributed by atoms with E-state index in [9.17, 15) is 14.9 Å². The van der Waals surface area contributed by atoms with Gasteiger partial charge in [0, 0.05) is 18.2 Å². The van der Waals surface area contributed by atoms with Crippen LogP contribution in [0.5, 0.6) is 0 Å². The van der Waals surface area contributed by atoms with Gasteiger partial charge >= 0.3 is 0 Å². The Morgan fingerprint density at radius 1 is 1.10 bits per heavy atom. The van der Waals surface area contributed by atoms with Crippen molar-refractivity contribution in [2.24, 2.45) is 0 Å². The zero-order chi connectivity index (χ0) is 15.0. The largest absolute Gasteiger partial charge is 0.397 e. The number of benzene rings is 2. The highest BCUT2D eigenvalue weighted by Gasteiger charge is 2.19.